The molecular weight excluding hydrogens is 362 g/mol. The zero-order chi connectivity index (χ0) is 20.1. The lowest BCUT2D eigenvalue weighted by atomic mass is 10.0. The Hall–Kier alpha value is -3.61. The van der Waals surface area contributed by atoms with E-state index in [-0.39, 0.29) is 25.1 Å². The van der Waals surface area contributed by atoms with Crippen LogP contribution in [0.3, 0.4) is 0 Å². The largest absolute Gasteiger partial charge is 0.497 e. The van der Waals surface area contributed by atoms with Gasteiger partial charge in [-0.2, -0.15) is 0 Å². The van der Waals surface area contributed by atoms with Gasteiger partial charge in [-0.15, -0.1) is 0 Å². The van der Waals surface area contributed by atoms with Crippen LogP contribution in [0.4, 0.5) is 4.79 Å². The molecule has 0 aliphatic carbocycles. The molecule has 1 fully saturated rings. The monoisotopic (exact) mass is 381 g/mol. The standard InChI is InChI=1S/C21H19NO6/c1-27-17-8-3-7-16(13-17)15-6-2-5-14(11-15)12-18-20(25)22(21(26)28-18)10-4-9-19(23)24/h2-3,5-8,11-13H,4,9-10H2,1H3,(H,23,24). The molecule has 3 rings (SSSR count). The fourth-order valence-electron chi connectivity index (χ4n) is 2.84. The molecule has 0 unspecified atom stereocenters. The van der Waals surface area contributed by atoms with Crippen LogP contribution in [0.5, 0.6) is 5.75 Å². The maximum atomic E-state index is 12.4. The van der Waals surface area contributed by atoms with Gasteiger partial charge in [0.15, 0.2) is 5.76 Å². The third-order valence-corrected chi connectivity index (χ3v) is 4.23. The number of nitrogens with zero attached hydrogens (tertiary/aromatic N) is 1. The summed E-state index contributed by atoms with van der Waals surface area (Å²) >= 11 is 0. The van der Waals surface area contributed by atoms with Gasteiger partial charge in [-0.1, -0.05) is 30.3 Å². The molecule has 2 aromatic carbocycles. The topological polar surface area (TPSA) is 93.1 Å². The highest BCUT2D eigenvalue weighted by Crippen LogP contribution is 2.26. The van der Waals surface area contributed by atoms with Gasteiger partial charge >= 0.3 is 12.1 Å². The Morgan fingerprint density at radius 3 is 2.57 bits per heavy atom. The van der Waals surface area contributed by atoms with E-state index >= 15 is 0 Å². The molecule has 2 amide bonds. The molecular formula is C21H19NO6. The van der Waals surface area contributed by atoms with E-state index in [0.29, 0.717) is 5.56 Å². The summed E-state index contributed by atoms with van der Waals surface area (Å²) in [5.74, 6) is -0.895. The maximum absolute atomic E-state index is 12.4. The molecule has 1 saturated heterocycles. The summed E-state index contributed by atoms with van der Waals surface area (Å²) < 4.78 is 10.3. The smallest absolute Gasteiger partial charge is 0.422 e. The number of benzene rings is 2. The first-order valence-corrected chi connectivity index (χ1v) is 8.69. The van der Waals surface area contributed by atoms with E-state index < -0.39 is 18.0 Å². The number of carboxylic acid groups (broad SMARTS) is 1. The van der Waals surface area contributed by atoms with E-state index in [1.54, 1.807) is 13.2 Å². The number of amides is 2. The molecule has 0 radical (unpaired) electrons. The third kappa shape index (κ3) is 4.37. The molecule has 28 heavy (non-hydrogen) atoms. The minimum Gasteiger partial charge on any atom is -0.497 e. The fourth-order valence-corrected chi connectivity index (χ4v) is 2.84. The van der Waals surface area contributed by atoms with Crippen LogP contribution in [-0.4, -0.2) is 41.6 Å². The number of aliphatic carboxylic acids is 1. The molecule has 2 aromatic rings. The number of hydrogen-bond acceptors (Lipinski definition) is 5. The molecule has 0 bridgehead atoms. The van der Waals surface area contributed by atoms with Gasteiger partial charge < -0.3 is 14.6 Å². The lowest BCUT2D eigenvalue weighted by Crippen LogP contribution is -2.30. The van der Waals surface area contributed by atoms with Gasteiger partial charge in [0, 0.05) is 13.0 Å². The van der Waals surface area contributed by atoms with Crippen LogP contribution in [0.2, 0.25) is 0 Å². The van der Waals surface area contributed by atoms with Crippen molar-refractivity contribution < 1.29 is 29.0 Å². The first-order valence-electron chi connectivity index (χ1n) is 8.69. The predicted octanol–water partition coefficient (Wildman–Crippen LogP) is 3.55. The summed E-state index contributed by atoms with van der Waals surface area (Å²) in [5, 5.41) is 8.68. The summed E-state index contributed by atoms with van der Waals surface area (Å²) in [6.07, 6.45) is 0.764. The molecule has 0 saturated carbocycles. The average molecular weight is 381 g/mol. The highest BCUT2D eigenvalue weighted by Gasteiger charge is 2.36. The summed E-state index contributed by atoms with van der Waals surface area (Å²) in [6.45, 7) is 0.00512. The number of ether oxygens (including phenoxy) is 2. The molecule has 1 aliphatic rings. The Bertz CT molecular complexity index is 949. The highest BCUT2D eigenvalue weighted by molar-refractivity contribution is 6.09. The van der Waals surface area contributed by atoms with Crippen LogP contribution < -0.4 is 4.74 Å². The quantitative estimate of drug-likeness (QED) is 0.738. The number of carbonyl (C=O) groups is 3. The van der Waals surface area contributed by atoms with Gasteiger partial charge in [-0.25, -0.2) is 9.69 Å². The van der Waals surface area contributed by atoms with Gasteiger partial charge in [-0.3, -0.25) is 9.59 Å². The summed E-state index contributed by atoms with van der Waals surface area (Å²) in [5.41, 5.74) is 2.57. The van der Waals surface area contributed by atoms with Gasteiger partial charge in [-0.05, 0) is 47.4 Å². The first-order chi connectivity index (χ1) is 13.5. The minimum absolute atomic E-state index is 0.00512. The molecule has 7 nitrogen and oxygen atoms in total. The maximum Gasteiger partial charge on any atom is 0.422 e. The summed E-state index contributed by atoms with van der Waals surface area (Å²) in [7, 11) is 1.60. The van der Waals surface area contributed by atoms with Gasteiger partial charge in [0.1, 0.15) is 5.75 Å². The Kier molecular flexibility index (Phi) is 5.74. The van der Waals surface area contributed by atoms with Crippen molar-refractivity contribution in [2.75, 3.05) is 13.7 Å². The number of carboxylic acids is 1. The van der Waals surface area contributed by atoms with Crippen LogP contribution in [0.25, 0.3) is 17.2 Å². The first kappa shape index (κ1) is 19.2. The van der Waals surface area contributed by atoms with E-state index in [9.17, 15) is 14.4 Å². The van der Waals surface area contributed by atoms with Crippen LogP contribution in [0.15, 0.2) is 54.3 Å². The zero-order valence-electron chi connectivity index (χ0n) is 15.3. The van der Waals surface area contributed by atoms with Crippen LogP contribution in [0.1, 0.15) is 18.4 Å². The number of methoxy groups -OCH3 is 1. The number of hydrogen-bond donors (Lipinski definition) is 1. The van der Waals surface area contributed by atoms with Crippen molar-refractivity contribution in [3.8, 4) is 16.9 Å². The molecule has 1 N–H and O–H groups in total. The molecule has 0 spiro atoms. The minimum atomic E-state index is -0.981. The Morgan fingerprint density at radius 2 is 1.86 bits per heavy atom. The number of cyclic esters (lactones) is 1. The normalized spacial score (nSPS) is 15.0. The van der Waals surface area contributed by atoms with E-state index in [2.05, 4.69) is 0 Å². The predicted molar refractivity (Wildman–Crippen MR) is 101 cm³/mol. The molecule has 0 aromatic heterocycles. The number of rotatable bonds is 7. The average Bonchev–Trinajstić information content (AvgIpc) is 2.95. The zero-order valence-corrected chi connectivity index (χ0v) is 15.3. The van der Waals surface area contributed by atoms with Crippen molar-refractivity contribution >= 4 is 24.0 Å². The Morgan fingerprint density at radius 1 is 1.14 bits per heavy atom. The SMILES string of the molecule is COc1cccc(-c2cccc(C=C3OC(=O)N(CCCC(=O)O)C3=O)c2)c1. The van der Waals surface area contributed by atoms with Crippen molar-refractivity contribution in [3.05, 3.63) is 59.9 Å². The van der Waals surface area contributed by atoms with E-state index in [0.717, 1.165) is 21.8 Å². The van der Waals surface area contributed by atoms with Gasteiger partial charge in [0.25, 0.3) is 5.91 Å². The van der Waals surface area contributed by atoms with E-state index in [1.807, 2.05) is 42.5 Å². The van der Waals surface area contributed by atoms with Crippen molar-refractivity contribution in [1.29, 1.82) is 0 Å². The van der Waals surface area contributed by atoms with Crippen molar-refractivity contribution in [2.24, 2.45) is 0 Å². The third-order valence-electron chi connectivity index (χ3n) is 4.23. The van der Waals surface area contributed by atoms with Crippen molar-refractivity contribution in [3.63, 3.8) is 0 Å². The molecule has 0 atom stereocenters. The summed E-state index contributed by atoms with van der Waals surface area (Å²) in [6, 6.07) is 15.0. The van der Waals surface area contributed by atoms with E-state index in [4.69, 9.17) is 14.6 Å². The van der Waals surface area contributed by atoms with Crippen LogP contribution in [-0.2, 0) is 14.3 Å². The Labute approximate surface area is 161 Å². The molecule has 1 heterocycles. The Balaban J connectivity index is 1.79. The van der Waals surface area contributed by atoms with Gasteiger partial charge in [0.2, 0.25) is 0 Å². The second-order valence-electron chi connectivity index (χ2n) is 6.19. The fraction of sp³-hybridized carbons (Fsp3) is 0.190. The number of carbonyl (C=O) groups excluding carboxylic acids is 2. The second-order valence-corrected chi connectivity index (χ2v) is 6.19. The van der Waals surface area contributed by atoms with E-state index in [1.165, 1.54) is 6.08 Å². The number of imide groups is 1. The highest BCUT2D eigenvalue weighted by atomic mass is 16.6. The summed E-state index contributed by atoms with van der Waals surface area (Å²) in [4.78, 5) is 35.8. The molecule has 144 valence electrons. The van der Waals surface area contributed by atoms with Crippen LogP contribution >= 0.6 is 0 Å². The molecule has 1 aliphatic heterocycles. The second kappa shape index (κ2) is 8.39. The lowest BCUT2D eigenvalue weighted by Gasteiger charge is -2.08. The lowest BCUT2D eigenvalue weighted by molar-refractivity contribution is -0.137. The van der Waals surface area contributed by atoms with Gasteiger partial charge in [0.05, 0.1) is 7.11 Å². The van der Waals surface area contributed by atoms with Crippen molar-refractivity contribution in [2.45, 2.75) is 12.8 Å². The van der Waals surface area contributed by atoms with Crippen molar-refractivity contribution in [1.82, 2.24) is 4.90 Å². The van der Waals surface area contributed by atoms with Crippen LogP contribution in [0, 0.1) is 0 Å². The molecule has 7 heteroatoms.